The number of carbonyl (C=O) groups is 1. The van der Waals surface area contributed by atoms with Crippen LogP contribution in [0.3, 0.4) is 0 Å². The molecule has 0 aliphatic carbocycles. The van der Waals surface area contributed by atoms with E-state index in [0.29, 0.717) is 29.9 Å². The zero-order chi connectivity index (χ0) is 26.3. The fourth-order valence-electron chi connectivity index (χ4n) is 4.52. The molecule has 1 atom stereocenters. The van der Waals surface area contributed by atoms with Crippen molar-refractivity contribution < 1.29 is 31.6 Å². The molecule has 2 aromatic rings. The van der Waals surface area contributed by atoms with E-state index in [1.165, 1.54) is 18.5 Å². The molecular formula is C24H29F3N4O4S. The molecule has 4 rings (SSSR count). The third kappa shape index (κ3) is 5.36. The number of halogens is 3. The summed E-state index contributed by atoms with van der Waals surface area (Å²) in [6, 6.07) is 10.2. The van der Waals surface area contributed by atoms with Gasteiger partial charge in [-0.2, -0.15) is 0 Å². The molecule has 1 amide bonds. The van der Waals surface area contributed by atoms with Crippen molar-refractivity contribution in [3.63, 3.8) is 0 Å². The summed E-state index contributed by atoms with van der Waals surface area (Å²) in [4.78, 5) is 15.5. The second-order valence-corrected chi connectivity index (χ2v) is 12.2. The summed E-state index contributed by atoms with van der Waals surface area (Å²) in [6.45, 7) is 2.09. The minimum Gasteiger partial charge on any atom is -0.372 e. The molecule has 0 saturated carbocycles. The number of hydrogen-bond donors (Lipinski definition) is 3. The van der Waals surface area contributed by atoms with Gasteiger partial charge in [0, 0.05) is 37.1 Å². The first-order chi connectivity index (χ1) is 16.8. The first-order valence-corrected chi connectivity index (χ1v) is 13.3. The lowest BCUT2D eigenvalue weighted by molar-refractivity contribution is -0.134. The number of rotatable bonds is 8. The molecule has 0 unspecified atom stereocenters. The van der Waals surface area contributed by atoms with Gasteiger partial charge in [0.2, 0.25) is 0 Å². The molecule has 1 fully saturated rings. The Morgan fingerprint density at radius 1 is 1.19 bits per heavy atom. The maximum Gasteiger partial charge on any atom is 0.272 e. The number of hydroxylamine groups is 1. The number of carbonyl (C=O) groups excluding carboxylic acids is 1. The molecule has 36 heavy (non-hydrogen) atoms. The Morgan fingerprint density at radius 2 is 1.92 bits per heavy atom. The Bertz CT molecular complexity index is 1270. The molecule has 2 heterocycles. The number of alkyl halides is 2. The summed E-state index contributed by atoms with van der Waals surface area (Å²) in [5.74, 6) is -4.07. The minimum atomic E-state index is -3.78. The van der Waals surface area contributed by atoms with Crippen LogP contribution in [0.4, 0.5) is 18.9 Å². The Kier molecular flexibility index (Phi) is 7.08. The SMILES string of the molecule is C[C@@](CCN1CNc2cc(-c3ccc(CN4CC(F)(F)C4)cc3F)ccc2C1)(C(=O)NO)S(C)(=O)=O. The predicted molar refractivity (Wildman–Crippen MR) is 129 cm³/mol. The highest BCUT2D eigenvalue weighted by atomic mass is 32.2. The van der Waals surface area contributed by atoms with Crippen molar-refractivity contribution in [3.8, 4) is 11.1 Å². The number of hydrogen-bond acceptors (Lipinski definition) is 7. The summed E-state index contributed by atoms with van der Waals surface area (Å²) in [5.41, 5.74) is 4.89. The molecular weight excluding hydrogens is 497 g/mol. The molecule has 2 aromatic carbocycles. The second kappa shape index (κ2) is 9.66. The maximum atomic E-state index is 14.9. The Balaban J connectivity index is 1.42. The number of nitrogens with one attached hydrogen (secondary N) is 2. The van der Waals surface area contributed by atoms with Gasteiger partial charge in [0.05, 0.1) is 19.8 Å². The molecule has 12 heteroatoms. The van der Waals surface area contributed by atoms with Crippen molar-refractivity contribution in [1.29, 1.82) is 0 Å². The van der Waals surface area contributed by atoms with E-state index < -0.39 is 32.2 Å². The number of sulfone groups is 1. The van der Waals surface area contributed by atoms with E-state index in [0.717, 1.165) is 17.5 Å². The molecule has 0 bridgehead atoms. The van der Waals surface area contributed by atoms with Gasteiger partial charge in [0.1, 0.15) is 5.82 Å². The number of amides is 1. The lowest BCUT2D eigenvalue weighted by atomic mass is 9.98. The lowest BCUT2D eigenvalue weighted by Crippen LogP contribution is -2.55. The third-order valence-corrected chi connectivity index (χ3v) is 8.99. The number of fused-ring (bicyclic) bond motifs is 1. The van der Waals surface area contributed by atoms with E-state index in [1.807, 2.05) is 17.0 Å². The highest BCUT2D eigenvalue weighted by Gasteiger charge is 2.44. The average Bonchev–Trinajstić information content (AvgIpc) is 2.79. The lowest BCUT2D eigenvalue weighted by Gasteiger charge is -2.38. The molecule has 0 spiro atoms. The van der Waals surface area contributed by atoms with E-state index in [4.69, 9.17) is 5.21 Å². The van der Waals surface area contributed by atoms with E-state index >= 15 is 0 Å². The minimum absolute atomic E-state index is 0.0139. The van der Waals surface area contributed by atoms with Gasteiger partial charge in [-0.3, -0.25) is 19.8 Å². The number of benzene rings is 2. The fourth-order valence-corrected chi connectivity index (χ4v) is 5.37. The quantitative estimate of drug-likeness (QED) is 0.359. The van der Waals surface area contributed by atoms with E-state index in [1.54, 1.807) is 23.1 Å². The van der Waals surface area contributed by atoms with Crippen molar-refractivity contribution in [2.75, 3.05) is 37.9 Å². The van der Waals surface area contributed by atoms with Crippen molar-refractivity contribution >= 4 is 21.4 Å². The summed E-state index contributed by atoms with van der Waals surface area (Å²) in [6.07, 6.45) is 0.947. The molecule has 8 nitrogen and oxygen atoms in total. The number of anilines is 1. The van der Waals surface area contributed by atoms with Gasteiger partial charge < -0.3 is 5.32 Å². The van der Waals surface area contributed by atoms with Crippen LogP contribution >= 0.6 is 0 Å². The highest BCUT2D eigenvalue weighted by molar-refractivity contribution is 7.92. The summed E-state index contributed by atoms with van der Waals surface area (Å²) in [5, 5.41) is 12.2. The molecule has 3 N–H and O–H groups in total. The van der Waals surface area contributed by atoms with Crippen molar-refractivity contribution in [2.45, 2.75) is 37.1 Å². The number of nitrogens with zero attached hydrogens (tertiary/aromatic N) is 2. The van der Waals surface area contributed by atoms with Crippen molar-refractivity contribution in [1.82, 2.24) is 15.3 Å². The Labute approximate surface area is 208 Å². The highest BCUT2D eigenvalue weighted by Crippen LogP contribution is 2.33. The monoisotopic (exact) mass is 526 g/mol. The van der Waals surface area contributed by atoms with Gasteiger partial charge >= 0.3 is 0 Å². The fraction of sp³-hybridized carbons (Fsp3) is 0.458. The smallest absolute Gasteiger partial charge is 0.272 e. The Hall–Kier alpha value is -2.67. The first-order valence-electron chi connectivity index (χ1n) is 11.4. The van der Waals surface area contributed by atoms with Gasteiger partial charge in [0.25, 0.3) is 11.8 Å². The summed E-state index contributed by atoms with van der Waals surface area (Å²) in [7, 11) is -3.78. The van der Waals surface area contributed by atoms with Crippen molar-refractivity contribution in [3.05, 3.63) is 53.3 Å². The van der Waals surface area contributed by atoms with Crippen LogP contribution in [0.5, 0.6) is 0 Å². The Morgan fingerprint density at radius 3 is 2.53 bits per heavy atom. The molecule has 196 valence electrons. The topological polar surface area (TPSA) is 102 Å². The zero-order valence-electron chi connectivity index (χ0n) is 20.0. The standard InChI is InChI=1S/C24H29F3N4O4S/c1-23(22(32)29-33,36(2,34)35)7-8-30-12-18-5-4-17(10-21(18)28-15-30)19-6-3-16(9-20(19)25)11-31-13-24(26,27)14-31/h3-6,9-10,28,33H,7-8,11-15H2,1-2H3,(H,29,32)/t23-/m1/s1. The van der Waals surface area contributed by atoms with Gasteiger partial charge in [-0.25, -0.2) is 27.1 Å². The van der Waals surface area contributed by atoms with Gasteiger partial charge in [-0.1, -0.05) is 24.3 Å². The summed E-state index contributed by atoms with van der Waals surface area (Å²) >= 11 is 0. The first kappa shape index (κ1) is 26.4. The van der Waals surface area contributed by atoms with Crippen LogP contribution in [-0.2, 0) is 27.7 Å². The molecule has 1 saturated heterocycles. The van der Waals surface area contributed by atoms with Crippen molar-refractivity contribution in [2.24, 2.45) is 0 Å². The van der Waals surface area contributed by atoms with Crippen LogP contribution in [0.15, 0.2) is 36.4 Å². The van der Waals surface area contributed by atoms with Crippen LogP contribution in [0.1, 0.15) is 24.5 Å². The normalized spacial score (nSPS) is 19.5. The van der Waals surface area contributed by atoms with Crippen LogP contribution in [0.25, 0.3) is 11.1 Å². The largest absolute Gasteiger partial charge is 0.372 e. The van der Waals surface area contributed by atoms with Gasteiger partial charge in [-0.05, 0) is 42.2 Å². The third-order valence-electron chi connectivity index (χ3n) is 6.96. The predicted octanol–water partition coefficient (Wildman–Crippen LogP) is 2.83. The van der Waals surface area contributed by atoms with E-state index in [-0.39, 0.29) is 32.6 Å². The van der Waals surface area contributed by atoms with Gasteiger partial charge in [-0.15, -0.1) is 0 Å². The maximum absolute atomic E-state index is 14.9. The molecule has 2 aliphatic heterocycles. The van der Waals surface area contributed by atoms with Crippen LogP contribution in [0, 0.1) is 5.82 Å². The molecule has 0 radical (unpaired) electrons. The molecule has 2 aliphatic rings. The average molecular weight is 527 g/mol. The van der Waals surface area contributed by atoms with Gasteiger partial charge in [0.15, 0.2) is 14.6 Å². The van der Waals surface area contributed by atoms with Crippen LogP contribution < -0.4 is 10.8 Å². The van der Waals surface area contributed by atoms with E-state index in [2.05, 4.69) is 5.32 Å². The van der Waals surface area contributed by atoms with E-state index in [9.17, 15) is 26.4 Å². The van der Waals surface area contributed by atoms with Crippen LogP contribution in [0.2, 0.25) is 0 Å². The summed E-state index contributed by atoms with van der Waals surface area (Å²) < 4.78 is 63.5. The molecule has 0 aromatic heterocycles. The number of likely N-dealkylation sites (tertiary alicyclic amines) is 1. The second-order valence-electron chi connectivity index (χ2n) is 9.77. The van der Waals surface area contributed by atoms with Crippen LogP contribution in [-0.4, -0.2) is 72.6 Å². The zero-order valence-corrected chi connectivity index (χ0v) is 20.8.